The van der Waals surface area contributed by atoms with Gasteiger partial charge in [0.25, 0.3) is 0 Å². The van der Waals surface area contributed by atoms with Crippen molar-refractivity contribution in [1.29, 1.82) is 0 Å². The van der Waals surface area contributed by atoms with Crippen molar-refractivity contribution in [2.75, 3.05) is 12.3 Å². The van der Waals surface area contributed by atoms with E-state index in [0.717, 1.165) is 28.5 Å². The summed E-state index contributed by atoms with van der Waals surface area (Å²) in [4.78, 5) is 38.1. The number of amides is 2. The van der Waals surface area contributed by atoms with Crippen LogP contribution in [0.1, 0.15) is 23.6 Å². The molecule has 0 bridgehead atoms. The van der Waals surface area contributed by atoms with Gasteiger partial charge in [0.15, 0.2) is 5.12 Å². The van der Waals surface area contributed by atoms with Crippen LogP contribution in [0.5, 0.6) is 0 Å². The van der Waals surface area contributed by atoms with Crippen LogP contribution >= 0.6 is 11.8 Å². The molecule has 0 saturated heterocycles. The van der Waals surface area contributed by atoms with Crippen LogP contribution in [0.25, 0.3) is 0 Å². The normalized spacial score (nSPS) is 12.4. The maximum atomic E-state index is 13.3. The number of thioether (sulfide) groups is 1. The quantitative estimate of drug-likeness (QED) is 0.401. The summed E-state index contributed by atoms with van der Waals surface area (Å²) in [5.74, 6) is -0.497. The largest absolute Gasteiger partial charge is 0.354 e. The highest BCUT2D eigenvalue weighted by Gasteiger charge is 2.26. The SMILES string of the molecule is CC(=O)SCC(Cc1ccccc1)C(=O)NC(Cc1ccccc1)C(=O)NCCc1ccccc1. The first-order chi connectivity index (χ1) is 17.0. The van der Waals surface area contributed by atoms with Crippen molar-refractivity contribution < 1.29 is 14.4 Å². The molecule has 0 radical (unpaired) electrons. The van der Waals surface area contributed by atoms with Gasteiger partial charge in [-0.3, -0.25) is 14.4 Å². The monoisotopic (exact) mass is 488 g/mol. The zero-order valence-electron chi connectivity index (χ0n) is 20.0. The first-order valence-electron chi connectivity index (χ1n) is 11.8. The summed E-state index contributed by atoms with van der Waals surface area (Å²) in [5, 5.41) is 5.93. The van der Waals surface area contributed by atoms with E-state index in [2.05, 4.69) is 10.6 Å². The number of benzene rings is 3. The Morgan fingerprint density at radius 1 is 0.714 bits per heavy atom. The first-order valence-corrected chi connectivity index (χ1v) is 12.8. The van der Waals surface area contributed by atoms with E-state index in [1.807, 2.05) is 91.0 Å². The van der Waals surface area contributed by atoms with Crippen LogP contribution in [0.3, 0.4) is 0 Å². The molecule has 2 amide bonds. The molecule has 0 aliphatic rings. The molecule has 0 heterocycles. The van der Waals surface area contributed by atoms with E-state index in [-0.39, 0.29) is 16.9 Å². The number of carbonyl (C=O) groups is 3. The molecule has 3 aromatic rings. The summed E-state index contributed by atoms with van der Waals surface area (Å²) in [6.07, 6.45) is 1.60. The molecule has 0 spiro atoms. The van der Waals surface area contributed by atoms with Crippen LogP contribution in [-0.4, -0.2) is 35.3 Å². The minimum Gasteiger partial charge on any atom is -0.354 e. The topological polar surface area (TPSA) is 75.3 Å². The van der Waals surface area contributed by atoms with E-state index < -0.39 is 12.0 Å². The lowest BCUT2D eigenvalue weighted by molar-refractivity contribution is -0.130. The number of rotatable bonds is 12. The lowest BCUT2D eigenvalue weighted by Gasteiger charge is -2.22. The van der Waals surface area contributed by atoms with Gasteiger partial charge < -0.3 is 10.6 Å². The van der Waals surface area contributed by atoms with Crippen LogP contribution in [0.15, 0.2) is 91.0 Å². The van der Waals surface area contributed by atoms with Gasteiger partial charge in [-0.15, -0.1) is 0 Å². The fraction of sp³-hybridized carbons (Fsp3) is 0.276. The molecule has 2 N–H and O–H groups in total. The third kappa shape index (κ3) is 9.41. The summed E-state index contributed by atoms with van der Waals surface area (Å²) in [6.45, 7) is 1.98. The molecule has 182 valence electrons. The Balaban J connectivity index is 1.69. The Hall–Kier alpha value is -3.38. The Morgan fingerprint density at radius 2 is 1.23 bits per heavy atom. The number of hydrogen-bond donors (Lipinski definition) is 2. The standard InChI is InChI=1S/C29H32N2O3S/c1-22(32)35-21-26(19-24-13-7-3-8-14-24)28(33)31-27(20-25-15-9-4-10-16-25)29(34)30-18-17-23-11-5-2-6-12-23/h2-16,26-27H,17-21H2,1H3,(H,30,34)(H,31,33). The van der Waals surface area contributed by atoms with Gasteiger partial charge >= 0.3 is 0 Å². The summed E-state index contributed by atoms with van der Waals surface area (Å²) in [6, 6.07) is 28.6. The van der Waals surface area contributed by atoms with E-state index in [0.29, 0.717) is 31.6 Å². The Labute approximate surface area is 211 Å². The highest BCUT2D eigenvalue weighted by molar-refractivity contribution is 8.13. The maximum absolute atomic E-state index is 13.3. The summed E-state index contributed by atoms with van der Waals surface area (Å²) in [7, 11) is 0. The van der Waals surface area contributed by atoms with E-state index in [1.165, 1.54) is 6.92 Å². The number of carbonyl (C=O) groups excluding carboxylic acids is 3. The van der Waals surface area contributed by atoms with E-state index in [9.17, 15) is 14.4 Å². The van der Waals surface area contributed by atoms with Crippen LogP contribution < -0.4 is 10.6 Å². The second-order valence-corrected chi connectivity index (χ2v) is 9.66. The van der Waals surface area contributed by atoms with Gasteiger partial charge in [0.1, 0.15) is 6.04 Å². The predicted octanol–water partition coefficient (Wildman–Crippen LogP) is 4.21. The third-order valence-electron chi connectivity index (χ3n) is 5.65. The maximum Gasteiger partial charge on any atom is 0.242 e. The van der Waals surface area contributed by atoms with Crippen molar-refractivity contribution in [3.63, 3.8) is 0 Å². The molecule has 2 atom stereocenters. The van der Waals surface area contributed by atoms with Crippen molar-refractivity contribution in [3.8, 4) is 0 Å². The van der Waals surface area contributed by atoms with Gasteiger partial charge in [-0.2, -0.15) is 0 Å². The number of hydrogen-bond acceptors (Lipinski definition) is 4. The van der Waals surface area contributed by atoms with Gasteiger partial charge in [-0.25, -0.2) is 0 Å². The second-order valence-electron chi connectivity index (χ2n) is 8.47. The van der Waals surface area contributed by atoms with Crippen LogP contribution in [-0.2, 0) is 33.6 Å². The molecule has 0 aromatic heterocycles. The molecule has 2 unspecified atom stereocenters. The average Bonchev–Trinajstić information content (AvgIpc) is 2.87. The fourth-order valence-electron chi connectivity index (χ4n) is 3.79. The Bertz CT molecular complexity index is 1070. The molecule has 0 saturated carbocycles. The van der Waals surface area contributed by atoms with Crippen LogP contribution in [0.4, 0.5) is 0 Å². The van der Waals surface area contributed by atoms with Crippen LogP contribution in [0, 0.1) is 5.92 Å². The second kappa shape index (κ2) is 14.1. The highest BCUT2D eigenvalue weighted by atomic mass is 32.2. The molecule has 0 aliphatic carbocycles. The van der Waals surface area contributed by atoms with Crippen molar-refractivity contribution in [2.24, 2.45) is 5.92 Å². The molecule has 5 nitrogen and oxygen atoms in total. The highest BCUT2D eigenvalue weighted by Crippen LogP contribution is 2.17. The van der Waals surface area contributed by atoms with Crippen LogP contribution in [0.2, 0.25) is 0 Å². The zero-order valence-corrected chi connectivity index (χ0v) is 20.8. The molecule has 35 heavy (non-hydrogen) atoms. The van der Waals surface area contributed by atoms with Crippen molar-refractivity contribution >= 4 is 28.7 Å². The molecule has 0 aliphatic heterocycles. The van der Waals surface area contributed by atoms with Gasteiger partial charge in [-0.05, 0) is 29.5 Å². The Morgan fingerprint density at radius 3 is 1.77 bits per heavy atom. The predicted molar refractivity (Wildman–Crippen MR) is 142 cm³/mol. The van der Waals surface area contributed by atoms with Gasteiger partial charge in [0, 0.05) is 25.6 Å². The van der Waals surface area contributed by atoms with Crippen molar-refractivity contribution in [1.82, 2.24) is 10.6 Å². The van der Waals surface area contributed by atoms with Crippen molar-refractivity contribution in [2.45, 2.75) is 32.2 Å². The smallest absolute Gasteiger partial charge is 0.242 e. The Kier molecular flexibility index (Phi) is 10.6. The minimum atomic E-state index is -0.707. The number of nitrogens with one attached hydrogen (secondary N) is 2. The van der Waals surface area contributed by atoms with E-state index in [4.69, 9.17) is 0 Å². The van der Waals surface area contributed by atoms with Crippen molar-refractivity contribution in [3.05, 3.63) is 108 Å². The lowest BCUT2D eigenvalue weighted by atomic mass is 9.98. The fourth-order valence-corrected chi connectivity index (χ4v) is 4.50. The molecule has 3 aromatic carbocycles. The lowest BCUT2D eigenvalue weighted by Crippen LogP contribution is -2.50. The van der Waals surface area contributed by atoms with E-state index >= 15 is 0 Å². The zero-order chi connectivity index (χ0) is 24.9. The molecular formula is C29H32N2O3S. The first kappa shape index (κ1) is 26.2. The average molecular weight is 489 g/mol. The minimum absolute atomic E-state index is 0.0321. The summed E-state index contributed by atoms with van der Waals surface area (Å²) >= 11 is 1.14. The van der Waals surface area contributed by atoms with E-state index in [1.54, 1.807) is 0 Å². The molecule has 6 heteroatoms. The molecular weight excluding hydrogens is 456 g/mol. The van der Waals surface area contributed by atoms with Gasteiger partial charge in [0.05, 0.1) is 5.92 Å². The van der Waals surface area contributed by atoms with Gasteiger partial charge in [-0.1, -0.05) is 103 Å². The summed E-state index contributed by atoms with van der Waals surface area (Å²) < 4.78 is 0. The third-order valence-corrected chi connectivity index (χ3v) is 6.63. The molecule has 3 rings (SSSR count). The molecule has 0 fully saturated rings. The van der Waals surface area contributed by atoms with Gasteiger partial charge in [0.2, 0.25) is 11.8 Å². The summed E-state index contributed by atoms with van der Waals surface area (Å²) in [5.41, 5.74) is 3.12.